The first kappa shape index (κ1) is 19.4. The molecule has 0 radical (unpaired) electrons. The quantitative estimate of drug-likeness (QED) is 0.767. The molecule has 0 aromatic carbocycles. The van der Waals surface area contributed by atoms with Crippen LogP contribution in [0.1, 0.15) is 18.7 Å². The predicted molar refractivity (Wildman–Crippen MR) is 109 cm³/mol. The van der Waals surface area contributed by atoms with Gasteiger partial charge in [0.15, 0.2) is 0 Å². The topological polar surface area (TPSA) is 95.4 Å². The predicted octanol–water partition coefficient (Wildman–Crippen LogP) is 0.602. The molecule has 9 nitrogen and oxygen atoms in total. The zero-order valence-corrected chi connectivity index (χ0v) is 16.7. The lowest BCUT2D eigenvalue weighted by Crippen LogP contribution is -2.48. The van der Waals surface area contributed by atoms with Gasteiger partial charge in [0.1, 0.15) is 11.6 Å². The van der Waals surface area contributed by atoms with Crippen LogP contribution in [0, 0.1) is 5.92 Å². The Balaban J connectivity index is 1.26. The lowest BCUT2D eigenvalue weighted by Gasteiger charge is -2.31. The molecule has 154 valence electrons. The van der Waals surface area contributed by atoms with Gasteiger partial charge in [0.05, 0.1) is 25.0 Å². The van der Waals surface area contributed by atoms with E-state index in [-0.39, 0.29) is 17.7 Å². The monoisotopic (exact) mass is 397 g/mol. The molecule has 0 bridgehead atoms. The van der Waals surface area contributed by atoms with Crippen LogP contribution in [-0.2, 0) is 23.2 Å². The zero-order valence-electron chi connectivity index (χ0n) is 16.7. The van der Waals surface area contributed by atoms with E-state index in [1.165, 1.54) is 0 Å². The number of rotatable bonds is 5. The van der Waals surface area contributed by atoms with Crippen molar-refractivity contribution in [2.24, 2.45) is 13.0 Å². The maximum atomic E-state index is 12.6. The van der Waals surface area contributed by atoms with Crippen molar-refractivity contribution in [2.45, 2.75) is 19.4 Å². The smallest absolute Gasteiger partial charge is 0.239 e. The fourth-order valence-corrected chi connectivity index (χ4v) is 3.83. The van der Waals surface area contributed by atoms with Crippen molar-refractivity contribution in [3.63, 3.8) is 0 Å². The first-order valence-electron chi connectivity index (χ1n) is 10.1. The van der Waals surface area contributed by atoms with Gasteiger partial charge in [0, 0.05) is 38.4 Å². The molecule has 4 rings (SSSR count). The van der Waals surface area contributed by atoms with E-state index in [1.54, 1.807) is 6.20 Å². The molecule has 2 aromatic rings. The van der Waals surface area contributed by atoms with Crippen molar-refractivity contribution < 1.29 is 9.59 Å². The summed E-state index contributed by atoms with van der Waals surface area (Å²) in [5.74, 6) is 1.86. The van der Waals surface area contributed by atoms with Crippen molar-refractivity contribution >= 4 is 23.3 Å². The molecule has 2 amide bonds. The third-order valence-electron chi connectivity index (χ3n) is 5.62. The molecular formula is C20H27N7O2. The largest absolute Gasteiger partial charge is 0.353 e. The minimum atomic E-state index is 0.00434. The van der Waals surface area contributed by atoms with Crippen molar-refractivity contribution in [1.82, 2.24) is 24.8 Å². The summed E-state index contributed by atoms with van der Waals surface area (Å²) < 4.78 is 2.03. The number of piperazine rings is 1. The highest BCUT2D eigenvalue weighted by Gasteiger charge is 2.26. The van der Waals surface area contributed by atoms with Crippen LogP contribution >= 0.6 is 0 Å². The molecule has 0 saturated carbocycles. The molecule has 9 heteroatoms. The van der Waals surface area contributed by atoms with E-state index in [9.17, 15) is 9.59 Å². The molecule has 0 atom stereocenters. The van der Waals surface area contributed by atoms with Crippen molar-refractivity contribution in [2.75, 3.05) is 42.9 Å². The molecule has 2 fully saturated rings. The Morgan fingerprint density at radius 3 is 2.72 bits per heavy atom. The lowest BCUT2D eigenvalue weighted by atomic mass is 9.96. The van der Waals surface area contributed by atoms with Crippen molar-refractivity contribution in [3.8, 4) is 0 Å². The summed E-state index contributed by atoms with van der Waals surface area (Å²) in [5, 5.41) is 5.79. The van der Waals surface area contributed by atoms with Crippen LogP contribution in [0.4, 0.5) is 11.5 Å². The second kappa shape index (κ2) is 8.60. The summed E-state index contributed by atoms with van der Waals surface area (Å²) in [6.45, 7) is 4.27. The van der Waals surface area contributed by atoms with Gasteiger partial charge in [0.25, 0.3) is 0 Å². The van der Waals surface area contributed by atoms with Crippen LogP contribution in [0.2, 0.25) is 0 Å². The van der Waals surface area contributed by atoms with Crippen LogP contribution in [0.3, 0.4) is 0 Å². The highest BCUT2D eigenvalue weighted by Crippen LogP contribution is 2.21. The number of nitrogens with zero attached hydrogens (tertiary/aromatic N) is 5. The minimum Gasteiger partial charge on any atom is -0.353 e. The van der Waals surface area contributed by atoms with Crippen LogP contribution < -0.4 is 15.5 Å². The van der Waals surface area contributed by atoms with Gasteiger partial charge in [-0.3, -0.25) is 14.5 Å². The molecular weight excluding hydrogens is 370 g/mol. The summed E-state index contributed by atoms with van der Waals surface area (Å²) in [5.41, 5.74) is 0.690. The molecule has 2 aromatic heterocycles. The van der Waals surface area contributed by atoms with Gasteiger partial charge in [-0.05, 0) is 38.1 Å². The standard InChI is InChI=1S/C20H27N7O2/c1-25-10-6-21-18(25)13-26-8-4-15(5-9-26)20(29)24-16-2-3-17(23-12-16)27-11-7-22-19(28)14-27/h2-3,6,10,12,15H,4-5,7-9,11,13-14H2,1H3,(H,22,28)(H,24,29). The number of amides is 2. The number of aromatic nitrogens is 3. The summed E-state index contributed by atoms with van der Waals surface area (Å²) in [7, 11) is 2.00. The van der Waals surface area contributed by atoms with E-state index in [0.29, 0.717) is 18.8 Å². The van der Waals surface area contributed by atoms with Gasteiger partial charge in [-0.1, -0.05) is 0 Å². The van der Waals surface area contributed by atoms with Crippen molar-refractivity contribution in [3.05, 3.63) is 36.5 Å². The van der Waals surface area contributed by atoms with E-state index in [1.807, 2.05) is 41.0 Å². The maximum Gasteiger partial charge on any atom is 0.239 e. The Labute approximate surface area is 170 Å². The first-order chi connectivity index (χ1) is 14.1. The number of anilines is 2. The molecule has 0 unspecified atom stereocenters. The van der Waals surface area contributed by atoms with E-state index in [0.717, 1.165) is 50.7 Å². The van der Waals surface area contributed by atoms with Gasteiger partial charge in [-0.15, -0.1) is 0 Å². The van der Waals surface area contributed by atoms with Gasteiger partial charge >= 0.3 is 0 Å². The normalized spacial score (nSPS) is 18.5. The Bertz CT molecular complexity index is 856. The number of likely N-dealkylation sites (tertiary alicyclic amines) is 1. The van der Waals surface area contributed by atoms with Crippen LogP contribution in [0.25, 0.3) is 0 Å². The van der Waals surface area contributed by atoms with Crippen LogP contribution in [-0.4, -0.2) is 64.0 Å². The van der Waals surface area contributed by atoms with E-state index in [2.05, 4.69) is 25.5 Å². The summed E-state index contributed by atoms with van der Waals surface area (Å²) in [6, 6.07) is 3.70. The summed E-state index contributed by atoms with van der Waals surface area (Å²) in [4.78, 5) is 37.2. The number of imidazole rings is 1. The SMILES string of the molecule is Cn1ccnc1CN1CCC(C(=O)Nc2ccc(N3CCNC(=O)C3)nc2)CC1. The van der Waals surface area contributed by atoms with Gasteiger partial charge in [0.2, 0.25) is 11.8 Å². The molecule has 0 spiro atoms. The van der Waals surface area contributed by atoms with Crippen molar-refractivity contribution in [1.29, 1.82) is 0 Å². The maximum absolute atomic E-state index is 12.6. The Hall–Kier alpha value is -2.94. The Morgan fingerprint density at radius 2 is 2.07 bits per heavy atom. The molecule has 29 heavy (non-hydrogen) atoms. The van der Waals surface area contributed by atoms with Crippen LogP contribution in [0.15, 0.2) is 30.7 Å². The molecule has 2 aliphatic heterocycles. The molecule has 4 heterocycles. The van der Waals surface area contributed by atoms with E-state index in [4.69, 9.17) is 0 Å². The summed E-state index contributed by atoms with van der Waals surface area (Å²) >= 11 is 0. The zero-order chi connectivity index (χ0) is 20.2. The fourth-order valence-electron chi connectivity index (χ4n) is 3.83. The van der Waals surface area contributed by atoms with Gasteiger partial charge < -0.3 is 20.1 Å². The molecule has 2 aliphatic rings. The highest BCUT2D eigenvalue weighted by molar-refractivity contribution is 5.92. The van der Waals surface area contributed by atoms with Gasteiger partial charge in [-0.2, -0.15) is 0 Å². The number of hydrogen-bond donors (Lipinski definition) is 2. The van der Waals surface area contributed by atoms with Crippen LogP contribution in [0.5, 0.6) is 0 Å². The molecule has 0 aliphatic carbocycles. The molecule has 2 saturated heterocycles. The summed E-state index contributed by atoms with van der Waals surface area (Å²) in [6.07, 6.45) is 7.11. The Morgan fingerprint density at radius 1 is 1.24 bits per heavy atom. The lowest BCUT2D eigenvalue weighted by molar-refractivity contribution is -0.121. The average Bonchev–Trinajstić information content (AvgIpc) is 3.13. The second-order valence-corrected chi connectivity index (χ2v) is 7.67. The number of carbonyl (C=O) groups excluding carboxylic acids is 2. The number of pyridine rings is 1. The second-order valence-electron chi connectivity index (χ2n) is 7.67. The highest BCUT2D eigenvalue weighted by atomic mass is 16.2. The third kappa shape index (κ3) is 4.73. The number of aryl methyl sites for hydroxylation is 1. The minimum absolute atomic E-state index is 0.00434. The first-order valence-corrected chi connectivity index (χ1v) is 10.1. The number of hydrogen-bond acceptors (Lipinski definition) is 6. The number of piperidine rings is 1. The van der Waals surface area contributed by atoms with E-state index >= 15 is 0 Å². The molecule has 2 N–H and O–H groups in total. The number of nitrogens with one attached hydrogen (secondary N) is 2. The fraction of sp³-hybridized carbons (Fsp3) is 0.500. The average molecular weight is 397 g/mol. The Kier molecular flexibility index (Phi) is 5.75. The number of carbonyl (C=O) groups is 2. The third-order valence-corrected chi connectivity index (χ3v) is 5.62. The van der Waals surface area contributed by atoms with Gasteiger partial charge in [-0.25, -0.2) is 9.97 Å². The van der Waals surface area contributed by atoms with E-state index < -0.39 is 0 Å².